The van der Waals surface area contributed by atoms with Crippen LogP contribution in [0.15, 0.2) is 36.4 Å². The fraction of sp³-hybridized carbons (Fsp3) is 0.375. The average Bonchev–Trinajstić information content (AvgIpc) is 3.04. The largest absolute Gasteiger partial charge is 0.493 e. The number of hydrogen-bond donors (Lipinski definition) is 1. The van der Waals surface area contributed by atoms with Crippen molar-refractivity contribution < 1.29 is 28.6 Å². The van der Waals surface area contributed by atoms with Gasteiger partial charge in [-0.1, -0.05) is 13.8 Å². The number of hydrogen-bond acceptors (Lipinski definition) is 6. The molecule has 3 rings (SSSR count). The van der Waals surface area contributed by atoms with E-state index < -0.39 is 12.6 Å². The highest BCUT2D eigenvalue weighted by Crippen LogP contribution is 2.33. The minimum Gasteiger partial charge on any atom is -0.493 e. The van der Waals surface area contributed by atoms with Gasteiger partial charge in [0.05, 0.1) is 25.2 Å². The van der Waals surface area contributed by atoms with Gasteiger partial charge in [-0.05, 0) is 61.2 Å². The number of amides is 1. The molecule has 0 bridgehead atoms. The lowest BCUT2D eigenvalue weighted by Gasteiger charge is -2.13. The van der Waals surface area contributed by atoms with Crippen LogP contribution in [0.4, 0.5) is 5.69 Å². The van der Waals surface area contributed by atoms with Crippen LogP contribution in [0.2, 0.25) is 0 Å². The average molecular weight is 425 g/mol. The first-order valence-electron chi connectivity index (χ1n) is 10.3. The highest BCUT2D eigenvalue weighted by atomic mass is 16.5. The van der Waals surface area contributed by atoms with E-state index in [-0.39, 0.29) is 23.2 Å². The SMILES string of the molecule is COc1cc(C(=O)OCC(=O)c2ccc3c(c2)[C@H](C)C(=O)N3)ccc1OCCC(C)C. The fourth-order valence-electron chi connectivity index (χ4n) is 3.21. The number of carbonyl (C=O) groups is 3. The lowest BCUT2D eigenvalue weighted by Crippen LogP contribution is -2.14. The van der Waals surface area contributed by atoms with Gasteiger partial charge >= 0.3 is 5.97 Å². The predicted octanol–water partition coefficient (Wildman–Crippen LogP) is 4.22. The van der Waals surface area contributed by atoms with Gasteiger partial charge in [-0.25, -0.2) is 4.79 Å². The molecular formula is C24H27NO6. The van der Waals surface area contributed by atoms with Gasteiger partial charge in [0.2, 0.25) is 5.91 Å². The summed E-state index contributed by atoms with van der Waals surface area (Å²) in [6.45, 7) is 6.15. The summed E-state index contributed by atoms with van der Waals surface area (Å²) < 4.78 is 16.2. The molecule has 7 heteroatoms. The number of carbonyl (C=O) groups excluding carboxylic acids is 3. The zero-order chi connectivity index (χ0) is 22.5. The fourth-order valence-corrected chi connectivity index (χ4v) is 3.21. The minimum absolute atomic E-state index is 0.100. The number of esters is 1. The van der Waals surface area contributed by atoms with Gasteiger partial charge in [0.1, 0.15) is 0 Å². The zero-order valence-electron chi connectivity index (χ0n) is 18.2. The molecule has 1 atom stereocenters. The second-order valence-corrected chi connectivity index (χ2v) is 7.91. The molecule has 0 saturated heterocycles. The van der Waals surface area contributed by atoms with E-state index in [0.717, 1.165) is 12.0 Å². The van der Waals surface area contributed by atoms with Crippen molar-refractivity contribution in [2.75, 3.05) is 25.6 Å². The minimum atomic E-state index is -0.633. The standard InChI is InChI=1S/C24H27NO6/c1-14(2)9-10-30-21-8-6-17(12-22(21)29-4)24(28)31-13-20(26)16-5-7-19-18(11-16)15(3)23(27)25-19/h5-8,11-12,14-15H,9-10,13H2,1-4H3,(H,25,27)/t15-/m0/s1. The molecule has 1 amide bonds. The number of ketones is 1. The molecule has 0 fully saturated rings. The van der Waals surface area contributed by atoms with Gasteiger partial charge < -0.3 is 19.5 Å². The van der Waals surface area contributed by atoms with Gasteiger partial charge in [-0.3, -0.25) is 9.59 Å². The van der Waals surface area contributed by atoms with Crippen molar-refractivity contribution >= 4 is 23.3 Å². The number of fused-ring (bicyclic) bond motifs is 1. The highest BCUT2D eigenvalue weighted by Gasteiger charge is 2.27. The van der Waals surface area contributed by atoms with Gasteiger partial charge in [0, 0.05) is 11.3 Å². The highest BCUT2D eigenvalue weighted by molar-refractivity contribution is 6.05. The summed E-state index contributed by atoms with van der Waals surface area (Å²) in [6, 6.07) is 9.73. The number of ether oxygens (including phenoxy) is 3. The Hall–Kier alpha value is -3.35. The number of benzene rings is 2. The Labute approximate surface area is 181 Å². The van der Waals surface area contributed by atoms with Gasteiger partial charge in [-0.15, -0.1) is 0 Å². The molecule has 1 aliphatic heterocycles. The number of nitrogens with one attached hydrogen (secondary N) is 1. The Balaban J connectivity index is 1.61. The lowest BCUT2D eigenvalue weighted by molar-refractivity contribution is -0.116. The molecule has 2 aromatic rings. The number of rotatable bonds is 9. The Bertz CT molecular complexity index is 998. The normalized spacial score (nSPS) is 14.7. The van der Waals surface area contributed by atoms with E-state index in [0.29, 0.717) is 35.3 Å². The third-order valence-electron chi connectivity index (χ3n) is 5.18. The summed E-state index contributed by atoms with van der Waals surface area (Å²) >= 11 is 0. The van der Waals surface area contributed by atoms with E-state index in [1.54, 1.807) is 37.3 Å². The van der Waals surface area contributed by atoms with Crippen LogP contribution in [0, 0.1) is 5.92 Å². The van der Waals surface area contributed by atoms with Crippen LogP contribution in [0.3, 0.4) is 0 Å². The number of Topliss-reactive ketones (excluding diaryl/α,β-unsaturated/α-hetero) is 1. The maximum Gasteiger partial charge on any atom is 0.338 e. The molecule has 0 unspecified atom stereocenters. The third-order valence-corrected chi connectivity index (χ3v) is 5.18. The molecule has 1 aliphatic rings. The smallest absolute Gasteiger partial charge is 0.338 e. The lowest BCUT2D eigenvalue weighted by atomic mass is 9.99. The summed E-state index contributed by atoms with van der Waals surface area (Å²) in [4.78, 5) is 36.7. The first kappa shape index (κ1) is 22.3. The van der Waals surface area contributed by atoms with E-state index >= 15 is 0 Å². The molecule has 2 aromatic carbocycles. The van der Waals surface area contributed by atoms with Crippen LogP contribution < -0.4 is 14.8 Å². The summed E-state index contributed by atoms with van der Waals surface area (Å²) in [5.74, 6) is 0.0922. The third kappa shape index (κ3) is 5.23. The second kappa shape index (κ2) is 9.64. The zero-order valence-corrected chi connectivity index (χ0v) is 18.2. The Morgan fingerprint density at radius 2 is 1.81 bits per heavy atom. The second-order valence-electron chi connectivity index (χ2n) is 7.91. The Kier molecular flexibility index (Phi) is 6.95. The molecule has 0 saturated carbocycles. The Morgan fingerprint density at radius 3 is 2.52 bits per heavy atom. The summed E-state index contributed by atoms with van der Waals surface area (Å²) in [5.41, 5.74) is 2.12. The first-order chi connectivity index (χ1) is 14.8. The topological polar surface area (TPSA) is 90.9 Å². The molecular weight excluding hydrogens is 398 g/mol. The monoisotopic (exact) mass is 425 g/mol. The molecule has 1 heterocycles. The molecule has 7 nitrogen and oxygen atoms in total. The summed E-state index contributed by atoms with van der Waals surface area (Å²) in [6.07, 6.45) is 0.904. The molecule has 0 radical (unpaired) electrons. The van der Waals surface area contributed by atoms with Crippen LogP contribution in [0.25, 0.3) is 0 Å². The molecule has 164 valence electrons. The van der Waals surface area contributed by atoms with Gasteiger partial charge in [-0.2, -0.15) is 0 Å². The number of methoxy groups -OCH3 is 1. The Morgan fingerprint density at radius 1 is 1.06 bits per heavy atom. The van der Waals surface area contributed by atoms with Crippen LogP contribution in [-0.2, 0) is 9.53 Å². The van der Waals surface area contributed by atoms with Crippen molar-refractivity contribution in [1.82, 2.24) is 0 Å². The number of anilines is 1. The maximum atomic E-state index is 12.5. The van der Waals surface area contributed by atoms with Crippen molar-refractivity contribution in [2.24, 2.45) is 5.92 Å². The van der Waals surface area contributed by atoms with Crippen molar-refractivity contribution in [3.05, 3.63) is 53.1 Å². The summed E-state index contributed by atoms with van der Waals surface area (Å²) in [7, 11) is 1.50. The first-order valence-corrected chi connectivity index (χ1v) is 10.3. The quantitative estimate of drug-likeness (QED) is 0.478. The molecule has 1 N–H and O–H groups in total. The molecule has 0 aromatic heterocycles. The molecule has 0 spiro atoms. The van der Waals surface area contributed by atoms with E-state index in [1.807, 2.05) is 0 Å². The van der Waals surface area contributed by atoms with Crippen LogP contribution in [0.1, 0.15) is 59.4 Å². The van der Waals surface area contributed by atoms with Crippen molar-refractivity contribution in [3.63, 3.8) is 0 Å². The predicted molar refractivity (Wildman–Crippen MR) is 116 cm³/mol. The van der Waals surface area contributed by atoms with Crippen molar-refractivity contribution in [2.45, 2.75) is 33.1 Å². The van der Waals surface area contributed by atoms with E-state index in [1.165, 1.54) is 13.2 Å². The maximum absolute atomic E-state index is 12.5. The summed E-state index contributed by atoms with van der Waals surface area (Å²) in [5, 5.41) is 2.76. The van der Waals surface area contributed by atoms with E-state index in [9.17, 15) is 14.4 Å². The molecule has 31 heavy (non-hydrogen) atoms. The van der Waals surface area contributed by atoms with Gasteiger partial charge in [0.15, 0.2) is 23.9 Å². The van der Waals surface area contributed by atoms with E-state index in [2.05, 4.69) is 19.2 Å². The van der Waals surface area contributed by atoms with Crippen LogP contribution >= 0.6 is 0 Å². The van der Waals surface area contributed by atoms with Crippen LogP contribution in [0.5, 0.6) is 11.5 Å². The van der Waals surface area contributed by atoms with Crippen molar-refractivity contribution in [3.8, 4) is 11.5 Å². The van der Waals surface area contributed by atoms with Crippen LogP contribution in [-0.4, -0.2) is 38.0 Å². The van der Waals surface area contributed by atoms with Crippen molar-refractivity contribution in [1.29, 1.82) is 0 Å². The molecule has 0 aliphatic carbocycles. The van der Waals surface area contributed by atoms with E-state index in [4.69, 9.17) is 14.2 Å². The van der Waals surface area contributed by atoms with Gasteiger partial charge in [0.25, 0.3) is 0 Å².